The van der Waals surface area contributed by atoms with E-state index in [4.69, 9.17) is 9.47 Å². The highest BCUT2D eigenvalue weighted by atomic mass is 19.2. The van der Waals surface area contributed by atoms with Gasteiger partial charge in [0.05, 0.1) is 18.3 Å². The van der Waals surface area contributed by atoms with Crippen molar-refractivity contribution < 1.29 is 27.8 Å². The van der Waals surface area contributed by atoms with Crippen LogP contribution in [0, 0.1) is 18.6 Å². The van der Waals surface area contributed by atoms with Crippen molar-refractivity contribution in [3.63, 3.8) is 0 Å². The van der Waals surface area contributed by atoms with Crippen molar-refractivity contribution in [1.82, 2.24) is 4.57 Å². The fourth-order valence-corrected chi connectivity index (χ4v) is 2.79. The number of fused-ring (bicyclic) bond motifs is 1. The maximum atomic E-state index is 13.5. The number of hydrogen-bond acceptors (Lipinski definition) is 4. The van der Waals surface area contributed by atoms with Gasteiger partial charge in [-0.2, -0.15) is 0 Å². The lowest BCUT2D eigenvalue weighted by Gasteiger charge is -2.08. The summed E-state index contributed by atoms with van der Waals surface area (Å²) in [5.41, 5.74) is 0.779. The quantitative estimate of drug-likeness (QED) is 0.667. The number of halogens is 2. The lowest BCUT2D eigenvalue weighted by molar-refractivity contribution is -0.131. The number of aromatic nitrogens is 1. The van der Waals surface area contributed by atoms with Crippen molar-refractivity contribution in [3.8, 4) is 11.5 Å². The van der Waals surface area contributed by atoms with E-state index in [2.05, 4.69) is 0 Å². The van der Waals surface area contributed by atoms with Gasteiger partial charge in [0.15, 0.2) is 17.4 Å². The highest BCUT2D eigenvalue weighted by Gasteiger charge is 2.23. The number of benzene rings is 2. The van der Waals surface area contributed by atoms with Crippen LogP contribution in [-0.2, 0) is 4.79 Å². The summed E-state index contributed by atoms with van der Waals surface area (Å²) in [6.07, 6.45) is 0. The van der Waals surface area contributed by atoms with Crippen molar-refractivity contribution in [2.45, 2.75) is 13.8 Å². The van der Waals surface area contributed by atoms with Gasteiger partial charge in [0.25, 0.3) is 5.91 Å². The largest absolute Gasteiger partial charge is 0.497 e. The minimum Gasteiger partial charge on any atom is -0.497 e. The molecule has 0 atom stereocenters. The van der Waals surface area contributed by atoms with Gasteiger partial charge in [-0.1, -0.05) is 0 Å². The molecule has 0 aliphatic rings. The Morgan fingerprint density at radius 2 is 1.77 bits per heavy atom. The third kappa shape index (κ3) is 2.92. The van der Waals surface area contributed by atoms with Crippen LogP contribution in [0.4, 0.5) is 8.78 Å². The Morgan fingerprint density at radius 3 is 2.38 bits per heavy atom. The van der Waals surface area contributed by atoms with E-state index in [0.29, 0.717) is 22.3 Å². The smallest absolute Gasteiger partial charge is 0.308 e. The van der Waals surface area contributed by atoms with Gasteiger partial charge in [-0.3, -0.25) is 14.2 Å². The molecule has 0 aliphatic heterocycles. The van der Waals surface area contributed by atoms with E-state index < -0.39 is 23.5 Å². The van der Waals surface area contributed by atoms with Crippen molar-refractivity contribution in [2.75, 3.05) is 7.11 Å². The molecule has 0 radical (unpaired) electrons. The monoisotopic (exact) mass is 359 g/mol. The lowest BCUT2D eigenvalue weighted by Crippen LogP contribution is -2.14. The molecule has 3 rings (SSSR count). The Bertz CT molecular complexity index is 1040. The van der Waals surface area contributed by atoms with E-state index in [1.54, 1.807) is 25.1 Å². The normalized spacial score (nSPS) is 10.8. The second-order valence-corrected chi connectivity index (χ2v) is 5.66. The summed E-state index contributed by atoms with van der Waals surface area (Å²) >= 11 is 0. The van der Waals surface area contributed by atoms with Crippen LogP contribution in [0.25, 0.3) is 10.9 Å². The number of nitrogens with zero attached hydrogens (tertiary/aromatic N) is 1. The van der Waals surface area contributed by atoms with E-state index in [9.17, 15) is 18.4 Å². The van der Waals surface area contributed by atoms with Crippen LogP contribution < -0.4 is 9.47 Å². The van der Waals surface area contributed by atoms with Crippen LogP contribution in [0.2, 0.25) is 0 Å². The van der Waals surface area contributed by atoms with Crippen LogP contribution in [0.3, 0.4) is 0 Å². The Labute approximate surface area is 147 Å². The highest BCUT2D eigenvalue weighted by molar-refractivity contribution is 6.05. The van der Waals surface area contributed by atoms with Gasteiger partial charge in [-0.25, -0.2) is 8.78 Å². The second-order valence-electron chi connectivity index (χ2n) is 5.66. The second kappa shape index (κ2) is 6.59. The number of rotatable bonds is 3. The summed E-state index contributed by atoms with van der Waals surface area (Å²) in [7, 11) is 1.49. The van der Waals surface area contributed by atoms with Crippen LogP contribution in [0.5, 0.6) is 11.5 Å². The maximum Gasteiger partial charge on any atom is 0.308 e. The first kappa shape index (κ1) is 17.6. The summed E-state index contributed by atoms with van der Waals surface area (Å²) in [4.78, 5) is 24.4. The number of carbonyl (C=O) groups is 2. The molecule has 0 bridgehead atoms. The molecule has 0 aliphatic carbocycles. The number of esters is 1. The summed E-state index contributed by atoms with van der Waals surface area (Å²) in [6.45, 7) is 2.85. The van der Waals surface area contributed by atoms with E-state index in [1.165, 1.54) is 24.7 Å². The molecule has 0 saturated carbocycles. The average molecular weight is 359 g/mol. The zero-order valence-electron chi connectivity index (χ0n) is 14.3. The maximum absolute atomic E-state index is 13.5. The molecule has 26 heavy (non-hydrogen) atoms. The summed E-state index contributed by atoms with van der Waals surface area (Å²) in [6, 6.07) is 7.83. The Kier molecular flexibility index (Phi) is 4.46. The van der Waals surface area contributed by atoms with E-state index in [0.717, 1.165) is 12.1 Å². The van der Waals surface area contributed by atoms with Gasteiger partial charge >= 0.3 is 5.97 Å². The zero-order chi connectivity index (χ0) is 19.0. The first-order valence-corrected chi connectivity index (χ1v) is 7.70. The van der Waals surface area contributed by atoms with Gasteiger partial charge in [0.2, 0.25) is 0 Å². The Hall–Kier alpha value is -3.22. The van der Waals surface area contributed by atoms with E-state index in [-0.39, 0.29) is 11.3 Å². The lowest BCUT2D eigenvalue weighted by atomic mass is 10.2. The molecular weight excluding hydrogens is 344 g/mol. The third-order valence-electron chi connectivity index (χ3n) is 3.97. The van der Waals surface area contributed by atoms with Crippen molar-refractivity contribution in [3.05, 3.63) is 59.3 Å². The molecule has 2 aromatic carbocycles. The number of hydrogen-bond donors (Lipinski definition) is 0. The fraction of sp³-hybridized carbons (Fsp3) is 0.158. The first-order chi connectivity index (χ1) is 12.3. The summed E-state index contributed by atoms with van der Waals surface area (Å²) in [5, 5.41) is 0.494. The predicted molar refractivity (Wildman–Crippen MR) is 90.6 cm³/mol. The minimum absolute atomic E-state index is 0.0332. The zero-order valence-corrected chi connectivity index (χ0v) is 14.3. The summed E-state index contributed by atoms with van der Waals surface area (Å²) in [5.74, 6) is -2.55. The van der Waals surface area contributed by atoms with Crippen LogP contribution in [0.15, 0.2) is 36.4 Å². The van der Waals surface area contributed by atoms with E-state index >= 15 is 0 Å². The molecular formula is C19H15F2NO4. The van der Waals surface area contributed by atoms with Crippen LogP contribution in [0.1, 0.15) is 23.0 Å². The molecule has 7 heteroatoms. The SMILES string of the molecule is COc1ccc2c(c1)c(OC(C)=O)c(C)n2C(=O)c1ccc(F)c(F)c1. The molecule has 1 aromatic heterocycles. The first-order valence-electron chi connectivity index (χ1n) is 7.70. The van der Waals surface area contributed by atoms with Gasteiger partial charge in [0.1, 0.15) is 5.75 Å². The highest BCUT2D eigenvalue weighted by Crippen LogP contribution is 2.36. The molecule has 134 valence electrons. The molecule has 0 N–H and O–H groups in total. The molecule has 0 unspecified atom stereocenters. The molecule has 1 heterocycles. The van der Waals surface area contributed by atoms with Gasteiger partial charge in [0, 0.05) is 17.9 Å². The third-order valence-corrected chi connectivity index (χ3v) is 3.97. The van der Waals surface area contributed by atoms with Gasteiger partial charge < -0.3 is 9.47 Å². The van der Waals surface area contributed by atoms with Crippen molar-refractivity contribution in [1.29, 1.82) is 0 Å². The average Bonchev–Trinajstić information content (AvgIpc) is 2.87. The Morgan fingerprint density at radius 1 is 1.04 bits per heavy atom. The molecule has 0 spiro atoms. The molecule has 5 nitrogen and oxygen atoms in total. The van der Waals surface area contributed by atoms with Crippen LogP contribution >= 0.6 is 0 Å². The van der Waals surface area contributed by atoms with Crippen molar-refractivity contribution in [2.24, 2.45) is 0 Å². The molecule has 0 amide bonds. The fourth-order valence-electron chi connectivity index (χ4n) is 2.79. The van der Waals surface area contributed by atoms with Crippen molar-refractivity contribution >= 4 is 22.8 Å². The van der Waals surface area contributed by atoms with Gasteiger partial charge in [-0.15, -0.1) is 0 Å². The van der Waals surface area contributed by atoms with Crippen LogP contribution in [-0.4, -0.2) is 23.6 Å². The number of ether oxygens (including phenoxy) is 2. The topological polar surface area (TPSA) is 57.5 Å². The standard InChI is InChI=1S/C19H15F2NO4/c1-10-18(26-11(2)23)14-9-13(25-3)5-7-17(14)22(10)19(24)12-4-6-15(20)16(21)8-12/h4-9H,1-3H3. The molecule has 0 saturated heterocycles. The Balaban J connectivity index is 2.24. The number of methoxy groups -OCH3 is 1. The summed E-state index contributed by atoms with van der Waals surface area (Å²) < 4.78 is 38.4. The van der Waals surface area contributed by atoms with Gasteiger partial charge in [-0.05, 0) is 43.3 Å². The number of carbonyl (C=O) groups excluding carboxylic acids is 2. The molecule has 0 fully saturated rings. The van der Waals surface area contributed by atoms with E-state index in [1.807, 2.05) is 0 Å². The predicted octanol–water partition coefficient (Wildman–Crippen LogP) is 3.85. The molecule has 3 aromatic rings. The minimum atomic E-state index is -1.12.